The third kappa shape index (κ3) is 2.98. The molecule has 4 aromatic rings. The number of aromatic nitrogens is 3. The summed E-state index contributed by atoms with van der Waals surface area (Å²) in [6, 6.07) is 6.75. The number of nitrogens with two attached hydrogens (primary N) is 1. The number of benzene rings is 1. The van der Waals surface area contributed by atoms with Crippen molar-refractivity contribution in [2.75, 3.05) is 12.8 Å². The van der Waals surface area contributed by atoms with Crippen LogP contribution in [0.2, 0.25) is 0 Å². The van der Waals surface area contributed by atoms with Crippen LogP contribution >= 0.6 is 11.3 Å². The standard InChI is InChI=1S/C21H20N4O4S/c1-5-14-10(2)15-16(22)19(30-20(15)23-11(14)3)18(26)17-21(27)29-24-25(17)12-6-8-13(28-4)9-7-12/h6-9H,5H2,1-4H3,(H2-,22,24,26,27). The lowest BCUT2D eigenvalue weighted by atomic mass is 10.0. The van der Waals surface area contributed by atoms with Gasteiger partial charge in [-0.25, -0.2) is 4.98 Å². The van der Waals surface area contributed by atoms with Crippen molar-refractivity contribution in [1.82, 2.24) is 10.3 Å². The maximum atomic E-state index is 13.3. The topological polar surface area (TPSA) is 118 Å². The van der Waals surface area contributed by atoms with E-state index in [0.717, 1.165) is 28.6 Å². The third-order valence-corrected chi connectivity index (χ3v) is 6.26. The summed E-state index contributed by atoms with van der Waals surface area (Å²) in [6.07, 6.45) is 0.813. The van der Waals surface area contributed by atoms with E-state index >= 15 is 0 Å². The van der Waals surface area contributed by atoms with Crippen LogP contribution in [0.15, 0.2) is 28.8 Å². The molecule has 154 valence electrons. The molecule has 0 fully saturated rings. The number of carbonyl (C=O) groups excluding carboxylic acids is 1. The number of carbonyl (C=O) groups is 1. The molecule has 0 bridgehead atoms. The first-order valence-electron chi connectivity index (χ1n) is 9.33. The van der Waals surface area contributed by atoms with Crippen molar-refractivity contribution in [3.63, 3.8) is 0 Å². The molecule has 8 nitrogen and oxygen atoms in total. The highest BCUT2D eigenvalue weighted by Crippen LogP contribution is 2.38. The second-order valence-electron chi connectivity index (χ2n) is 6.83. The number of nitrogen functional groups attached to an aromatic ring is 1. The molecule has 0 aliphatic heterocycles. The largest absolute Gasteiger partial charge is 0.539 e. The molecule has 0 saturated heterocycles. The number of ketones is 1. The maximum Gasteiger partial charge on any atom is 0.312 e. The molecule has 0 saturated carbocycles. The third-order valence-electron chi connectivity index (χ3n) is 5.16. The highest BCUT2D eigenvalue weighted by Gasteiger charge is 2.32. The van der Waals surface area contributed by atoms with Crippen LogP contribution in [0.25, 0.3) is 15.9 Å². The number of nitrogens with zero attached hydrogens (tertiary/aromatic N) is 3. The minimum Gasteiger partial charge on any atom is -0.539 e. The monoisotopic (exact) mass is 424 g/mol. The number of aryl methyl sites for hydroxylation is 2. The van der Waals surface area contributed by atoms with Gasteiger partial charge >= 0.3 is 5.69 Å². The summed E-state index contributed by atoms with van der Waals surface area (Å²) in [6.45, 7) is 5.97. The Hall–Kier alpha value is -3.46. The van der Waals surface area contributed by atoms with Crippen LogP contribution in [-0.2, 0) is 6.42 Å². The minimum atomic E-state index is -0.831. The summed E-state index contributed by atoms with van der Waals surface area (Å²) >= 11 is 1.17. The maximum absolute atomic E-state index is 13.3. The van der Waals surface area contributed by atoms with Crippen LogP contribution in [0.1, 0.15) is 39.1 Å². The number of thiophene rings is 1. The van der Waals surface area contributed by atoms with E-state index in [1.807, 2.05) is 13.8 Å². The first-order chi connectivity index (χ1) is 14.4. The lowest BCUT2D eigenvalue weighted by Gasteiger charge is -2.08. The molecule has 3 aromatic heterocycles. The summed E-state index contributed by atoms with van der Waals surface area (Å²) in [7, 11) is 1.55. The number of rotatable bonds is 5. The Balaban J connectivity index is 1.86. The van der Waals surface area contributed by atoms with E-state index in [2.05, 4.69) is 17.2 Å². The van der Waals surface area contributed by atoms with Crippen LogP contribution < -0.4 is 20.3 Å². The molecule has 0 radical (unpaired) electrons. The fourth-order valence-corrected chi connectivity index (χ4v) is 4.79. The van der Waals surface area contributed by atoms with Crippen LogP contribution in [0.3, 0.4) is 0 Å². The average Bonchev–Trinajstić information content (AvgIpc) is 3.28. The zero-order chi connectivity index (χ0) is 21.6. The molecule has 30 heavy (non-hydrogen) atoms. The van der Waals surface area contributed by atoms with Crippen molar-refractivity contribution in [1.29, 1.82) is 0 Å². The van der Waals surface area contributed by atoms with Gasteiger partial charge in [0.15, 0.2) is 5.95 Å². The van der Waals surface area contributed by atoms with Gasteiger partial charge in [-0.1, -0.05) is 6.92 Å². The van der Waals surface area contributed by atoms with Crippen molar-refractivity contribution in [2.24, 2.45) is 0 Å². The molecular formula is C21H20N4O4S. The van der Waals surface area contributed by atoms with E-state index < -0.39 is 11.7 Å². The van der Waals surface area contributed by atoms with E-state index in [1.165, 1.54) is 16.0 Å². The van der Waals surface area contributed by atoms with Gasteiger partial charge in [-0.05, 0) is 48.2 Å². The molecule has 9 heteroatoms. The molecule has 1 aromatic carbocycles. The van der Waals surface area contributed by atoms with E-state index in [1.54, 1.807) is 31.4 Å². The molecule has 3 heterocycles. The fraction of sp³-hybridized carbons (Fsp3) is 0.238. The molecule has 0 aliphatic carbocycles. The van der Waals surface area contributed by atoms with E-state index in [9.17, 15) is 9.90 Å². The normalized spacial score (nSPS) is 11.2. The number of pyridine rings is 1. The molecule has 0 atom stereocenters. The van der Waals surface area contributed by atoms with E-state index in [4.69, 9.17) is 15.0 Å². The number of ether oxygens (including phenoxy) is 1. The Bertz CT molecular complexity index is 1270. The highest BCUT2D eigenvalue weighted by atomic mass is 32.1. The van der Waals surface area contributed by atoms with Gasteiger partial charge in [0.25, 0.3) is 5.78 Å². The quantitative estimate of drug-likeness (QED) is 0.386. The second-order valence-corrected chi connectivity index (χ2v) is 7.83. The van der Waals surface area contributed by atoms with Crippen molar-refractivity contribution in [2.45, 2.75) is 27.2 Å². The molecule has 0 amide bonds. The fourth-order valence-electron chi connectivity index (χ4n) is 3.65. The summed E-state index contributed by atoms with van der Waals surface area (Å²) < 4.78 is 11.1. The Morgan fingerprint density at radius 3 is 2.63 bits per heavy atom. The number of fused-ring (bicyclic) bond motifs is 1. The minimum absolute atomic E-state index is 0.219. The van der Waals surface area contributed by atoms with E-state index in [0.29, 0.717) is 22.0 Å². The molecule has 0 spiro atoms. The highest BCUT2D eigenvalue weighted by molar-refractivity contribution is 7.21. The number of hydrogen-bond donors (Lipinski definition) is 1. The van der Waals surface area contributed by atoms with Crippen molar-refractivity contribution in [3.8, 4) is 17.4 Å². The van der Waals surface area contributed by atoms with Gasteiger partial charge in [0.2, 0.25) is 5.69 Å². The number of anilines is 1. The Morgan fingerprint density at radius 2 is 2.00 bits per heavy atom. The van der Waals surface area contributed by atoms with Gasteiger partial charge < -0.3 is 20.1 Å². The molecule has 4 rings (SSSR count). The van der Waals surface area contributed by atoms with Crippen molar-refractivity contribution >= 4 is 33.0 Å². The summed E-state index contributed by atoms with van der Waals surface area (Å²) in [5.41, 5.74) is 9.98. The lowest BCUT2D eigenvalue weighted by Crippen LogP contribution is -2.39. The summed E-state index contributed by atoms with van der Waals surface area (Å²) in [5.74, 6) is -0.745. The predicted molar refractivity (Wildman–Crippen MR) is 110 cm³/mol. The van der Waals surface area contributed by atoms with Crippen LogP contribution in [0.5, 0.6) is 11.7 Å². The van der Waals surface area contributed by atoms with Gasteiger partial charge in [0.1, 0.15) is 15.5 Å². The van der Waals surface area contributed by atoms with Gasteiger partial charge in [-0.15, -0.1) is 11.3 Å². The first-order valence-corrected chi connectivity index (χ1v) is 10.1. The van der Waals surface area contributed by atoms with E-state index in [-0.39, 0.29) is 10.6 Å². The zero-order valence-electron chi connectivity index (χ0n) is 17.0. The molecular weight excluding hydrogens is 404 g/mol. The average molecular weight is 424 g/mol. The van der Waals surface area contributed by atoms with Crippen LogP contribution in [-0.4, -0.2) is 23.1 Å². The summed E-state index contributed by atoms with van der Waals surface area (Å²) in [5, 5.41) is 16.9. The van der Waals surface area contributed by atoms with Gasteiger partial charge in [0, 0.05) is 23.2 Å². The molecule has 2 N–H and O–H groups in total. The SMILES string of the molecule is CCc1c(C)nc2sc(C(=O)c3c([O-])on[n+]3-c3ccc(OC)cc3)c(N)c2c1C. The van der Waals surface area contributed by atoms with Crippen molar-refractivity contribution < 1.29 is 23.8 Å². The molecule has 0 unspecified atom stereocenters. The molecule has 0 aliphatic rings. The zero-order valence-corrected chi connectivity index (χ0v) is 17.8. The van der Waals surface area contributed by atoms with Gasteiger partial charge in [0.05, 0.1) is 18.1 Å². The first kappa shape index (κ1) is 19.8. The predicted octanol–water partition coefficient (Wildman–Crippen LogP) is 2.64. The van der Waals surface area contributed by atoms with Crippen molar-refractivity contribution in [3.05, 3.63) is 51.7 Å². The van der Waals surface area contributed by atoms with Crippen LogP contribution in [0.4, 0.5) is 5.69 Å². The van der Waals surface area contributed by atoms with Crippen LogP contribution in [0, 0.1) is 13.8 Å². The Kier molecular flexibility index (Phi) is 4.90. The number of hydrogen-bond acceptors (Lipinski definition) is 8. The smallest absolute Gasteiger partial charge is 0.312 e. The second kappa shape index (κ2) is 7.42. The van der Waals surface area contributed by atoms with Gasteiger partial charge in [-0.2, -0.15) is 0 Å². The van der Waals surface area contributed by atoms with Gasteiger partial charge in [-0.3, -0.25) is 4.79 Å². The Labute approximate surface area is 176 Å². The lowest BCUT2D eigenvalue weighted by molar-refractivity contribution is -0.672. The number of methoxy groups -OCH3 is 1. The summed E-state index contributed by atoms with van der Waals surface area (Å²) in [4.78, 5) is 18.9. The Morgan fingerprint density at radius 1 is 1.30 bits per heavy atom.